The highest BCUT2D eigenvalue weighted by atomic mass is 16.7. The van der Waals surface area contributed by atoms with Crippen LogP contribution in [0, 0.1) is 0 Å². The Morgan fingerprint density at radius 1 is 1.60 bits per heavy atom. The van der Waals surface area contributed by atoms with Crippen LogP contribution in [0.15, 0.2) is 0 Å². The fourth-order valence-corrected chi connectivity index (χ4v) is 1.04. The van der Waals surface area contributed by atoms with Crippen LogP contribution >= 0.6 is 0 Å². The second-order valence-corrected chi connectivity index (χ2v) is 4.50. The summed E-state index contributed by atoms with van der Waals surface area (Å²) in [7, 11) is 0. The van der Waals surface area contributed by atoms with Crippen molar-refractivity contribution in [2.75, 3.05) is 13.2 Å². The number of hydrogen-bond acceptors (Lipinski definition) is 4. The van der Waals surface area contributed by atoms with Gasteiger partial charge in [-0.3, -0.25) is 14.4 Å². The van der Waals surface area contributed by atoms with Crippen LogP contribution in [0.5, 0.6) is 0 Å². The van der Waals surface area contributed by atoms with E-state index in [4.69, 9.17) is 0 Å². The Labute approximate surface area is 88.7 Å². The Morgan fingerprint density at radius 3 is 2.73 bits per heavy atom. The molecule has 86 valence electrons. The summed E-state index contributed by atoms with van der Waals surface area (Å²) in [4.78, 5) is 27.1. The molecule has 3 N–H and O–H groups in total. The zero-order chi connectivity index (χ0) is 11.5. The van der Waals surface area contributed by atoms with Crippen LogP contribution < -0.4 is 16.1 Å². The van der Waals surface area contributed by atoms with E-state index in [0.717, 1.165) is 0 Å². The highest BCUT2D eigenvalue weighted by molar-refractivity contribution is 5.88. The third-order valence-electron chi connectivity index (χ3n) is 1.85. The highest BCUT2D eigenvalue weighted by Gasteiger charge is 2.27. The van der Waals surface area contributed by atoms with Gasteiger partial charge in [0.25, 0.3) is 5.91 Å². The smallest absolute Gasteiger partial charge is 0.268 e. The van der Waals surface area contributed by atoms with Gasteiger partial charge < -0.3 is 10.6 Å². The highest BCUT2D eigenvalue weighted by Crippen LogP contribution is 1.97. The predicted octanol–water partition coefficient (Wildman–Crippen LogP) is -1.08. The lowest BCUT2D eigenvalue weighted by molar-refractivity contribution is -0.128. The molecule has 1 saturated heterocycles. The number of carbonyl (C=O) groups is 2. The molecule has 1 fully saturated rings. The molecule has 0 aromatic rings. The van der Waals surface area contributed by atoms with Gasteiger partial charge in [0.1, 0.15) is 12.6 Å². The summed E-state index contributed by atoms with van der Waals surface area (Å²) >= 11 is 0. The van der Waals surface area contributed by atoms with E-state index in [9.17, 15) is 9.59 Å². The molecule has 1 aliphatic rings. The normalized spacial score (nSPS) is 21.3. The second-order valence-electron chi connectivity index (χ2n) is 4.50. The van der Waals surface area contributed by atoms with E-state index in [1.165, 1.54) is 0 Å². The average Bonchev–Trinajstić information content (AvgIpc) is 2.47. The van der Waals surface area contributed by atoms with Gasteiger partial charge >= 0.3 is 0 Å². The summed E-state index contributed by atoms with van der Waals surface area (Å²) < 4.78 is 0. The molecule has 1 heterocycles. The number of carbonyl (C=O) groups excluding carboxylic acids is 2. The first-order valence-corrected chi connectivity index (χ1v) is 4.84. The van der Waals surface area contributed by atoms with Crippen molar-refractivity contribution in [2.45, 2.75) is 32.4 Å². The molecule has 1 atom stereocenters. The van der Waals surface area contributed by atoms with Crippen LogP contribution in [0.25, 0.3) is 0 Å². The zero-order valence-corrected chi connectivity index (χ0v) is 9.22. The van der Waals surface area contributed by atoms with Crippen molar-refractivity contribution >= 4 is 11.8 Å². The summed E-state index contributed by atoms with van der Waals surface area (Å²) in [5.74, 6) is -0.519. The molecular weight excluding hydrogens is 198 g/mol. The molecule has 0 bridgehead atoms. The van der Waals surface area contributed by atoms with E-state index in [0.29, 0.717) is 0 Å². The number of rotatable bonds is 3. The Morgan fingerprint density at radius 2 is 2.27 bits per heavy atom. The molecule has 0 radical (unpaired) electrons. The van der Waals surface area contributed by atoms with Crippen molar-refractivity contribution in [3.63, 3.8) is 0 Å². The topological polar surface area (TPSA) is 79.5 Å². The SMILES string of the molecule is CC(C)(C)NCC(=O)N[C@@H]1CONC1=O. The number of nitrogens with one attached hydrogen (secondary N) is 3. The first-order valence-electron chi connectivity index (χ1n) is 4.84. The van der Waals surface area contributed by atoms with Gasteiger partial charge in [-0.1, -0.05) is 0 Å². The lowest BCUT2D eigenvalue weighted by Crippen LogP contribution is -2.48. The minimum Gasteiger partial charge on any atom is -0.341 e. The van der Waals surface area contributed by atoms with Crippen LogP contribution in [-0.2, 0) is 14.4 Å². The molecule has 0 spiro atoms. The summed E-state index contributed by atoms with van der Waals surface area (Å²) in [6.45, 7) is 6.26. The van der Waals surface area contributed by atoms with E-state index >= 15 is 0 Å². The molecule has 6 heteroatoms. The summed E-state index contributed by atoms with van der Waals surface area (Å²) in [5, 5.41) is 5.59. The van der Waals surface area contributed by atoms with Crippen molar-refractivity contribution in [3.8, 4) is 0 Å². The van der Waals surface area contributed by atoms with Crippen molar-refractivity contribution in [3.05, 3.63) is 0 Å². The van der Waals surface area contributed by atoms with Gasteiger partial charge in [0.05, 0.1) is 6.54 Å². The zero-order valence-electron chi connectivity index (χ0n) is 9.22. The fourth-order valence-electron chi connectivity index (χ4n) is 1.04. The molecule has 2 amide bonds. The quantitative estimate of drug-likeness (QED) is 0.559. The molecule has 6 nitrogen and oxygen atoms in total. The minimum absolute atomic E-state index is 0.119. The van der Waals surface area contributed by atoms with Crippen molar-refractivity contribution < 1.29 is 14.4 Å². The Bertz CT molecular complexity index is 260. The number of hydroxylamine groups is 1. The van der Waals surface area contributed by atoms with Crippen LogP contribution in [0.2, 0.25) is 0 Å². The average molecular weight is 215 g/mol. The van der Waals surface area contributed by atoms with Crippen molar-refractivity contribution in [2.24, 2.45) is 0 Å². The van der Waals surface area contributed by atoms with E-state index in [1.54, 1.807) is 0 Å². The van der Waals surface area contributed by atoms with Crippen LogP contribution in [0.4, 0.5) is 0 Å². The lowest BCUT2D eigenvalue weighted by atomic mass is 10.1. The second kappa shape index (κ2) is 4.59. The largest absolute Gasteiger partial charge is 0.341 e. The third-order valence-corrected chi connectivity index (χ3v) is 1.85. The predicted molar refractivity (Wildman–Crippen MR) is 53.8 cm³/mol. The maximum Gasteiger partial charge on any atom is 0.268 e. The van der Waals surface area contributed by atoms with E-state index in [2.05, 4.69) is 21.0 Å². The molecular formula is C9H17N3O3. The standard InChI is InChI=1S/C9H17N3O3/c1-9(2,3)10-4-7(13)11-6-5-15-12-8(6)14/h6,10H,4-5H2,1-3H3,(H,11,13)(H,12,14)/t6-/m1/s1. The van der Waals surface area contributed by atoms with Gasteiger partial charge in [0.15, 0.2) is 0 Å². The van der Waals surface area contributed by atoms with Gasteiger partial charge in [0.2, 0.25) is 5.91 Å². The Kier molecular flexibility index (Phi) is 3.65. The van der Waals surface area contributed by atoms with Gasteiger partial charge in [-0.25, -0.2) is 5.48 Å². The third kappa shape index (κ3) is 4.26. The molecule has 0 aliphatic carbocycles. The molecule has 15 heavy (non-hydrogen) atoms. The molecule has 0 aromatic carbocycles. The van der Waals surface area contributed by atoms with Crippen molar-refractivity contribution in [1.82, 2.24) is 16.1 Å². The van der Waals surface area contributed by atoms with Crippen LogP contribution in [0.1, 0.15) is 20.8 Å². The van der Waals surface area contributed by atoms with Gasteiger partial charge in [-0.05, 0) is 20.8 Å². The van der Waals surface area contributed by atoms with E-state index in [-0.39, 0.29) is 30.5 Å². The van der Waals surface area contributed by atoms with Gasteiger partial charge in [-0.2, -0.15) is 0 Å². The van der Waals surface area contributed by atoms with Gasteiger partial charge in [0, 0.05) is 5.54 Å². The molecule has 0 aromatic heterocycles. The van der Waals surface area contributed by atoms with Crippen molar-refractivity contribution in [1.29, 1.82) is 0 Å². The van der Waals surface area contributed by atoms with E-state index < -0.39 is 6.04 Å². The number of hydrogen-bond donors (Lipinski definition) is 3. The fraction of sp³-hybridized carbons (Fsp3) is 0.778. The van der Waals surface area contributed by atoms with Crippen LogP contribution in [0.3, 0.4) is 0 Å². The number of amides is 2. The Balaban J connectivity index is 2.27. The monoisotopic (exact) mass is 215 g/mol. The summed E-state index contributed by atoms with van der Waals surface area (Å²) in [5.41, 5.74) is 2.05. The molecule has 0 saturated carbocycles. The lowest BCUT2D eigenvalue weighted by Gasteiger charge is -2.20. The van der Waals surface area contributed by atoms with Gasteiger partial charge in [-0.15, -0.1) is 0 Å². The van der Waals surface area contributed by atoms with Crippen LogP contribution in [-0.4, -0.2) is 36.5 Å². The first-order chi connectivity index (χ1) is 6.88. The summed E-state index contributed by atoms with van der Waals surface area (Å²) in [6.07, 6.45) is 0. The minimum atomic E-state index is -0.570. The first kappa shape index (κ1) is 11.9. The maximum atomic E-state index is 11.4. The summed E-state index contributed by atoms with van der Waals surface area (Å²) in [6, 6.07) is -0.570. The molecule has 0 unspecified atom stereocenters. The van der Waals surface area contributed by atoms with E-state index in [1.807, 2.05) is 20.8 Å². The molecule has 1 aliphatic heterocycles. The maximum absolute atomic E-state index is 11.4. The molecule has 1 rings (SSSR count). The Hall–Kier alpha value is -1.14.